The van der Waals surface area contributed by atoms with Gasteiger partial charge in [0.05, 0.1) is 13.2 Å². The molecule has 0 aromatic heterocycles. The first-order valence-electron chi connectivity index (χ1n) is 6.58. The summed E-state index contributed by atoms with van der Waals surface area (Å²) >= 11 is 0. The van der Waals surface area contributed by atoms with Gasteiger partial charge in [-0.25, -0.2) is 0 Å². The molecule has 0 saturated carbocycles. The molecule has 1 aromatic rings. The standard InChI is InChI=1S/C15H25NO2/c1-13(2)11-18-9-8-16-10-14-6-4-5-7-15(14)12-17-3/h4-7,13,16H,8-12H2,1-3H3. The summed E-state index contributed by atoms with van der Waals surface area (Å²) in [6.07, 6.45) is 0. The van der Waals surface area contributed by atoms with Crippen molar-refractivity contribution in [3.05, 3.63) is 35.4 Å². The Balaban J connectivity index is 2.22. The molecule has 0 heterocycles. The second-order valence-electron chi connectivity index (χ2n) is 4.85. The molecule has 0 fully saturated rings. The molecule has 0 saturated heterocycles. The van der Waals surface area contributed by atoms with E-state index in [4.69, 9.17) is 9.47 Å². The molecule has 102 valence electrons. The van der Waals surface area contributed by atoms with Gasteiger partial charge in [0.1, 0.15) is 0 Å². The zero-order chi connectivity index (χ0) is 13.2. The van der Waals surface area contributed by atoms with Gasteiger partial charge in [-0.3, -0.25) is 0 Å². The van der Waals surface area contributed by atoms with Crippen molar-refractivity contribution in [3.63, 3.8) is 0 Å². The fourth-order valence-corrected chi connectivity index (χ4v) is 1.71. The predicted molar refractivity (Wildman–Crippen MR) is 74.5 cm³/mol. The lowest BCUT2D eigenvalue weighted by atomic mass is 10.1. The molecule has 0 aliphatic heterocycles. The minimum Gasteiger partial charge on any atom is -0.380 e. The van der Waals surface area contributed by atoms with Gasteiger partial charge in [-0.05, 0) is 17.0 Å². The fourth-order valence-electron chi connectivity index (χ4n) is 1.71. The van der Waals surface area contributed by atoms with E-state index in [-0.39, 0.29) is 0 Å². The third-order valence-corrected chi connectivity index (χ3v) is 2.61. The Morgan fingerprint density at radius 1 is 1.17 bits per heavy atom. The zero-order valence-electron chi connectivity index (χ0n) is 11.7. The molecule has 0 radical (unpaired) electrons. The van der Waals surface area contributed by atoms with Gasteiger partial charge in [-0.15, -0.1) is 0 Å². The third kappa shape index (κ3) is 6.15. The molecule has 0 spiro atoms. The van der Waals surface area contributed by atoms with Gasteiger partial charge in [0.2, 0.25) is 0 Å². The summed E-state index contributed by atoms with van der Waals surface area (Å²) in [5, 5.41) is 3.39. The quantitative estimate of drug-likeness (QED) is 0.684. The molecule has 0 unspecified atom stereocenters. The predicted octanol–water partition coefficient (Wildman–Crippen LogP) is 2.60. The van der Waals surface area contributed by atoms with Gasteiger partial charge < -0.3 is 14.8 Å². The largest absolute Gasteiger partial charge is 0.380 e. The molecule has 1 aromatic carbocycles. The molecule has 1 rings (SSSR count). The van der Waals surface area contributed by atoms with Gasteiger partial charge in [0.25, 0.3) is 0 Å². The lowest BCUT2D eigenvalue weighted by molar-refractivity contribution is 0.111. The third-order valence-electron chi connectivity index (χ3n) is 2.61. The molecule has 3 heteroatoms. The van der Waals surface area contributed by atoms with Gasteiger partial charge in [-0.2, -0.15) is 0 Å². The maximum Gasteiger partial charge on any atom is 0.0716 e. The normalized spacial score (nSPS) is 11.1. The number of benzene rings is 1. The fraction of sp³-hybridized carbons (Fsp3) is 0.600. The van der Waals surface area contributed by atoms with Gasteiger partial charge in [0.15, 0.2) is 0 Å². The molecule has 1 N–H and O–H groups in total. The molecular formula is C15H25NO2. The van der Waals surface area contributed by atoms with Crippen molar-refractivity contribution in [2.75, 3.05) is 26.9 Å². The minimum absolute atomic E-state index is 0.604. The minimum atomic E-state index is 0.604. The Morgan fingerprint density at radius 3 is 2.56 bits per heavy atom. The van der Waals surface area contributed by atoms with Crippen molar-refractivity contribution in [2.24, 2.45) is 5.92 Å². The second kappa shape index (κ2) is 9.09. The van der Waals surface area contributed by atoms with Crippen LogP contribution in [0.1, 0.15) is 25.0 Å². The molecule has 0 aliphatic carbocycles. The van der Waals surface area contributed by atoms with Crippen LogP contribution in [-0.2, 0) is 22.6 Å². The Bertz CT molecular complexity index is 326. The number of hydrogen-bond donors (Lipinski definition) is 1. The molecule has 0 bridgehead atoms. The van der Waals surface area contributed by atoms with E-state index in [2.05, 4.69) is 37.4 Å². The number of ether oxygens (including phenoxy) is 2. The molecule has 0 atom stereocenters. The maximum absolute atomic E-state index is 5.52. The summed E-state index contributed by atoms with van der Waals surface area (Å²) in [6, 6.07) is 8.35. The summed E-state index contributed by atoms with van der Waals surface area (Å²) in [5.41, 5.74) is 2.54. The highest BCUT2D eigenvalue weighted by Gasteiger charge is 2.00. The first kappa shape index (κ1) is 15.2. The van der Waals surface area contributed by atoms with Crippen LogP contribution in [0, 0.1) is 5.92 Å². The van der Waals surface area contributed by atoms with Crippen molar-refractivity contribution < 1.29 is 9.47 Å². The van der Waals surface area contributed by atoms with Crippen molar-refractivity contribution in [2.45, 2.75) is 27.0 Å². The molecule has 3 nitrogen and oxygen atoms in total. The van der Waals surface area contributed by atoms with Gasteiger partial charge in [-0.1, -0.05) is 38.1 Å². The van der Waals surface area contributed by atoms with Crippen LogP contribution in [0.15, 0.2) is 24.3 Å². The van der Waals surface area contributed by atoms with Crippen LogP contribution in [0.4, 0.5) is 0 Å². The van der Waals surface area contributed by atoms with Crippen LogP contribution in [0.2, 0.25) is 0 Å². The first-order valence-corrected chi connectivity index (χ1v) is 6.58. The highest BCUT2D eigenvalue weighted by molar-refractivity contribution is 5.26. The summed E-state index contributed by atoms with van der Waals surface area (Å²) in [5.74, 6) is 0.604. The van der Waals surface area contributed by atoms with E-state index in [1.54, 1.807) is 7.11 Å². The summed E-state index contributed by atoms with van der Waals surface area (Å²) in [4.78, 5) is 0. The van der Waals surface area contributed by atoms with Gasteiger partial charge in [0, 0.05) is 26.8 Å². The molecule has 0 aliphatic rings. The number of nitrogens with one attached hydrogen (secondary N) is 1. The van der Waals surface area contributed by atoms with E-state index >= 15 is 0 Å². The van der Waals surface area contributed by atoms with Crippen LogP contribution in [0.5, 0.6) is 0 Å². The summed E-state index contributed by atoms with van der Waals surface area (Å²) < 4.78 is 10.7. The smallest absolute Gasteiger partial charge is 0.0716 e. The Morgan fingerprint density at radius 2 is 1.89 bits per heavy atom. The van der Waals surface area contributed by atoms with Crippen LogP contribution < -0.4 is 5.32 Å². The van der Waals surface area contributed by atoms with E-state index in [0.717, 1.165) is 26.3 Å². The average Bonchev–Trinajstić information content (AvgIpc) is 2.35. The first-order chi connectivity index (χ1) is 8.74. The van der Waals surface area contributed by atoms with Crippen LogP contribution in [0.25, 0.3) is 0 Å². The van der Waals surface area contributed by atoms with Crippen molar-refractivity contribution in [3.8, 4) is 0 Å². The Kier molecular flexibility index (Phi) is 7.65. The average molecular weight is 251 g/mol. The van der Waals surface area contributed by atoms with E-state index in [1.807, 2.05) is 6.07 Å². The monoisotopic (exact) mass is 251 g/mol. The van der Waals surface area contributed by atoms with E-state index in [9.17, 15) is 0 Å². The van der Waals surface area contributed by atoms with Crippen molar-refractivity contribution >= 4 is 0 Å². The molecule has 0 amide bonds. The van der Waals surface area contributed by atoms with Crippen molar-refractivity contribution in [1.29, 1.82) is 0 Å². The summed E-state index contributed by atoms with van der Waals surface area (Å²) in [6.45, 7) is 8.34. The van der Waals surface area contributed by atoms with Crippen LogP contribution in [0.3, 0.4) is 0 Å². The number of rotatable bonds is 9. The van der Waals surface area contributed by atoms with E-state index in [0.29, 0.717) is 12.5 Å². The van der Waals surface area contributed by atoms with Crippen LogP contribution in [-0.4, -0.2) is 26.9 Å². The summed E-state index contributed by atoms with van der Waals surface area (Å²) in [7, 11) is 1.73. The Hall–Kier alpha value is -0.900. The highest BCUT2D eigenvalue weighted by atomic mass is 16.5. The SMILES string of the molecule is COCc1ccccc1CNCCOCC(C)C. The van der Waals surface area contributed by atoms with E-state index < -0.39 is 0 Å². The second-order valence-corrected chi connectivity index (χ2v) is 4.85. The molecule has 18 heavy (non-hydrogen) atoms. The highest BCUT2D eigenvalue weighted by Crippen LogP contribution is 2.09. The molecular weight excluding hydrogens is 226 g/mol. The van der Waals surface area contributed by atoms with E-state index in [1.165, 1.54) is 11.1 Å². The number of hydrogen-bond acceptors (Lipinski definition) is 3. The maximum atomic E-state index is 5.52. The van der Waals surface area contributed by atoms with Gasteiger partial charge >= 0.3 is 0 Å². The Labute approximate surface area is 110 Å². The van der Waals surface area contributed by atoms with Crippen molar-refractivity contribution in [1.82, 2.24) is 5.32 Å². The zero-order valence-corrected chi connectivity index (χ0v) is 11.7. The lowest BCUT2D eigenvalue weighted by Crippen LogP contribution is -2.21. The van der Waals surface area contributed by atoms with Crippen LogP contribution >= 0.6 is 0 Å². The topological polar surface area (TPSA) is 30.5 Å². The lowest BCUT2D eigenvalue weighted by Gasteiger charge is -2.11. The number of methoxy groups -OCH3 is 1.